The van der Waals surface area contributed by atoms with Gasteiger partial charge < -0.3 is 20.6 Å². The Labute approximate surface area is 99.7 Å². The molecule has 1 rings (SSSR count). The van der Waals surface area contributed by atoms with E-state index in [1.54, 1.807) is 0 Å². The Hall–Kier alpha value is -1.75. The summed E-state index contributed by atoms with van der Waals surface area (Å²) in [5.41, 5.74) is 0.0428. The molecule has 1 amide bonds. The zero-order valence-corrected chi connectivity index (χ0v) is 9.68. The highest BCUT2D eigenvalue weighted by Crippen LogP contribution is 2.27. The second kappa shape index (κ2) is 6.10. The summed E-state index contributed by atoms with van der Waals surface area (Å²) in [6, 6.07) is 4.22. The van der Waals surface area contributed by atoms with E-state index in [-0.39, 0.29) is 23.8 Å². The third kappa shape index (κ3) is 3.64. The molecule has 1 aromatic carbocycles. The van der Waals surface area contributed by atoms with Crippen molar-refractivity contribution in [3.63, 3.8) is 0 Å². The summed E-state index contributed by atoms with van der Waals surface area (Å²) in [7, 11) is 0. The maximum absolute atomic E-state index is 11.7. The summed E-state index contributed by atoms with van der Waals surface area (Å²) in [5, 5.41) is 30.1. The summed E-state index contributed by atoms with van der Waals surface area (Å²) >= 11 is 0. The van der Waals surface area contributed by atoms with Gasteiger partial charge in [-0.25, -0.2) is 0 Å². The topological polar surface area (TPSA) is 89.8 Å². The van der Waals surface area contributed by atoms with Crippen molar-refractivity contribution in [2.45, 2.75) is 13.3 Å². The van der Waals surface area contributed by atoms with E-state index < -0.39 is 11.7 Å². The Morgan fingerprint density at radius 3 is 2.76 bits per heavy atom. The molecule has 0 fully saturated rings. The number of rotatable bonds is 5. The fourth-order valence-corrected chi connectivity index (χ4v) is 1.40. The van der Waals surface area contributed by atoms with Crippen LogP contribution in [-0.2, 0) is 0 Å². The highest BCUT2D eigenvalue weighted by Gasteiger charge is 2.14. The number of hydrogen-bond acceptors (Lipinski definition) is 4. The van der Waals surface area contributed by atoms with Gasteiger partial charge >= 0.3 is 0 Å². The van der Waals surface area contributed by atoms with Gasteiger partial charge in [0, 0.05) is 13.2 Å². The van der Waals surface area contributed by atoms with Gasteiger partial charge in [0.2, 0.25) is 0 Å². The molecule has 4 N–H and O–H groups in total. The molecule has 5 heteroatoms. The third-order valence-corrected chi connectivity index (χ3v) is 2.49. The molecule has 0 saturated heterocycles. The molecule has 5 nitrogen and oxygen atoms in total. The van der Waals surface area contributed by atoms with Gasteiger partial charge in [-0.2, -0.15) is 0 Å². The zero-order valence-electron chi connectivity index (χ0n) is 9.68. The Balaban J connectivity index is 2.61. The van der Waals surface area contributed by atoms with Gasteiger partial charge in [0.15, 0.2) is 11.5 Å². The molecule has 0 bridgehead atoms. The van der Waals surface area contributed by atoms with E-state index in [1.165, 1.54) is 18.2 Å². The van der Waals surface area contributed by atoms with Crippen LogP contribution in [0.3, 0.4) is 0 Å². The van der Waals surface area contributed by atoms with Crippen LogP contribution in [0.1, 0.15) is 23.7 Å². The molecule has 1 unspecified atom stereocenters. The first kappa shape index (κ1) is 13.3. The fourth-order valence-electron chi connectivity index (χ4n) is 1.40. The molecule has 0 saturated carbocycles. The number of aliphatic hydroxyl groups excluding tert-OH is 1. The van der Waals surface area contributed by atoms with E-state index in [0.717, 1.165) is 0 Å². The van der Waals surface area contributed by atoms with E-state index in [2.05, 4.69) is 5.32 Å². The Bertz CT molecular complexity index is 392. The van der Waals surface area contributed by atoms with Crippen molar-refractivity contribution in [2.75, 3.05) is 13.2 Å². The molecule has 0 aliphatic carbocycles. The van der Waals surface area contributed by atoms with Crippen molar-refractivity contribution in [1.29, 1.82) is 0 Å². The summed E-state index contributed by atoms with van der Waals surface area (Å²) < 4.78 is 0. The van der Waals surface area contributed by atoms with Crippen molar-refractivity contribution < 1.29 is 20.1 Å². The monoisotopic (exact) mass is 239 g/mol. The molecule has 17 heavy (non-hydrogen) atoms. The SMILES string of the molecule is CC(CCO)CNC(=O)c1cccc(O)c1O. The van der Waals surface area contributed by atoms with Crippen LogP contribution >= 0.6 is 0 Å². The first-order valence-corrected chi connectivity index (χ1v) is 5.46. The summed E-state index contributed by atoms with van der Waals surface area (Å²) in [5.74, 6) is -1.02. The van der Waals surface area contributed by atoms with Crippen LogP contribution < -0.4 is 5.32 Å². The van der Waals surface area contributed by atoms with Crippen molar-refractivity contribution in [3.05, 3.63) is 23.8 Å². The maximum Gasteiger partial charge on any atom is 0.255 e. The number of carbonyl (C=O) groups is 1. The molecule has 1 aromatic rings. The van der Waals surface area contributed by atoms with Crippen LogP contribution in [0, 0.1) is 5.92 Å². The van der Waals surface area contributed by atoms with Gasteiger partial charge in [-0.05, 0) is 24.5 Å². The van der Waals surface area contributed by atoms with E-state index in [0.29, 0.717) is 13.0 Å². The van der Waals surface area contributed by atoms with Crippen LogP contribution in [0.4, 0.5) is 0 Å². The van der Waals surface area contributed by atoms with Crippen LogP contribution in [0.15, 0.2) is 18.2 Å². The van der Waals surface area contributed by atoms with Gasteiger partial charge in [-0.1, -0.05) is 13.0 Å². The van der Waals surface area contributed by atoms with Gasteiger partial charge in [0.05, 0.1) is 5.56 Å². The zero-order chi connectivity index (χ0) is 12.8. The quantitative estimate of drug-likeness (QED) is 0.573. The first-order chi connectivity index (χ1) is 8.06. The van der Waals surface area contributed by atoms with E-state index in [4.69, 9.17) is 5.11 Å². The Morgan fingerprint density at radius 2 is 2.12 bits per heavy atom. The predicted molar refractivity (Wildman–Crippen MR) is 63.0 cm³/mol. The molecule has 1 atom stereocenters. The van der Waals surface area contributed by atoms with Crippen LogP contribution in [0.5, 0.6) is 11.5 Å². The lowest BCUT2D eigenvalue weighted by molar-refractivity contribution is 0.0942. The minimum atomic E-state index is -0.441. The smallest absolute Gasteiger partial charge is 0.255 e. The van der Waals surface area contributed by atoms with Gasteiger partial charge in [-0.15, -0.1) is 0 Å². The Kier molecular flexibility index (Phi) is 4.78. The molecule has 0 heterocycles. The molecule has 0 aliphatic rings. The summed E-state index contributed by atoms with van der Waals surface area (Å²) in [4.78, 5) is 11.7. The number of benzene rings is 1. The number of phenolic OH excluding ortho intramolecular Hbond substituents is 2. The molecule has 0 aliphatic heterocycles. The number of para-hydroxylation sites is 1. The van der Waals surface area contributed by atoms with Gasteiger partial charge in [0.1, 0.15) is 0 Å². The lowest BCUT2D eigenvalue weighted by Crippen LogP contribution is -2.28. The first-order valence-electron chi connectivity index (χ1n) is 5.46. The number of phenols is 2. The summed E-state index contributed by atoms with van der Waals surface area (Å²) in [6.45, 7) is 2.39. The van der Waals surface area contributed by atoms with Gasteiger partial charge in [0.25, 0.3) is 5.91 Å². The van der Waals surface area contributed by atoms with Crippen molar-refractivity contribution in [2.24, 2.45) is 5.92 Å². The number of carbonyl (C=O) groups excluding carboxylic acids is 1. The molecular weight excluding hydrogens is 222 g/mol. The average Bonchev–Trinajstić information content (AvgIpc) is 2.30. The van der Waals surface area contributed by atoms with Crippen LogP contribution in [-0.4, -0.2) is 34.4 Å². The highest BCUT2D eigenvalue weighted by atomic mass is 16.3. The van der Waals surface area contributed by atoms with Crippen molar-refractivity contribution >= 4 is 5.91 Å². The van der Waals surface area contributed by atoms with E-state index in [1.807, 2.05) is 6.92 Å². The van der Waals surface area contributed by atoms with Crippen LogP contribution in [0.2, 0.25) is 0 Å². The molecule has 0 aromatic heterocycles. The second-order valence-electron chi connectivity index (χ2n) is 4.00. The lowest BCUT2D eigenvalue weighted by Gasteiger charge is -2.12. The average molecular weight is 239 g/mol. The van der Waals surface area contributed by atoms with E-state index >= 15 is 0 Å². The molecule has 0 radical (unpaired) electrons. The number of aliphatic hydroxyl groups is 1. The van der Waals surface area contributed by atoms with Crippen molar-refractivity contribution in [1.82, 2.24) is 5.32 Å². The Morgan fingerprint density at radius 1 is 1.41 bits per heavy atom. The summed E-state index contributed by atoms with van der Waals surface area (Å²) in [6.07, 6.45) is 0.603. The van der Waals surface area contributed by atoms with Gasteiger partial charge in [-0.3, -0.25) is 4.79 Å². The lowest BCUT2D eigenvalue weighted by atomic mass is 10.1. The number of nitrogens with one attached hydrogen (secondary N) is 1. The fraction of sp³-hybridized carbons (Fsp3) is 0.417. The second-order valence-corrected chi connectivity index (χ2v) is 4.00. The highest BCUT2D eigenvalue weighted by molar-refractivity contribution is 5.97. The predicted octanol–water partition coefficient (Wildman–Crippen LogP) is 0.846. The van der Waals surface area contributed by atoms with E-state index in [9.17, 15) is 15.0 Å². The van der Waals surface area contributed by atoms with Crippen molar-refractivity contribution in [3.8, 4) is 11.5 Å². The molecular formula is C12H17NO4. The minimum Gasteiger partial charge on any atom is -0.504 e. The molecule has 0 spiro atoms. The van der Waals surface area contributed by atoms with Crippen LogP contribution in [0.25, 0.3) is 0 Å². The standard InChI is InChI=1S/C12H17NO4/c1-8(5-6-14)7-13-12(17)9-3-2-4-10(15)11(9)16/h2-4,8,14-16H,5-7H2,1H3,(H,13,17). The normalized spacial score (nSPS) is 12.1. The maximum atomic E-state index is 11.7. The largest absolute Gasteiger partial charge is 0.504 e. The number of aromatic hydroxyl groups is 2. The number of amides is 1. The third-order valence-electron chi connectivity index (χ3n) is 2.49. The minimum absolute atomic E-state index is 0.0428. The number of hydrogen-bond donors (Lipinski definition) is 4. The molecule has 94 valence electrons.